The fraction of sp³-hybridized carbons (Fsp3) is 0.394. The maximum Gasteiger partial charge on any atom is 0.411 e. The van der Waals surface area contributed by atoms with Crippen molar-refractivity contribution in [2.24, 2.45) is 5.92 Å². The highest BCUT2D eigenvalue weighted by atomic mass is 79.9. The summed E-state index contributed by atoms with van der Waals surface area (Å²) >= 11 is 6.66. The van der Waals surface area contributed by atoms with Crippen molar-refractivity contribution in [3.8, 4) is 101 Å². The molecule has 4 aliphatic rings. The molecule has 0 unspecified atom stereocenters. The molecule has 33 heteroatoms. The van der Waals surface area contributed by atoms with Gasteiger partial charge in [0.2, 0.25) is 17.6 Å². The van der Waals surface area contributed by atoms with Crippen molar-refractivity contribution in [1.82, 2.24) is 40.0 Å². The van der Waals surface area contributed by atoms with E-state index in [4.69, 9.17) is 79.2 Å². The van der Waals surface area contributed by atoms with Crippen molar-refractivity contribution in [1.29, 1.82) is 0 Å². The van der Waals surface area contributed by atoms with Crippen molar-refractivity contribution in [3.63, 3.8) is 0 Å². The number of terminal acetylenes is 2. The molecule has 3 amide bonds. The molecule has 30 nitrogen and oxygen atoms in total. The maximum absolute atomic E-state index is 12.7. The zero-order valence-corrected chi connectivity index (χ0v) is 78.1. The standard InChI is InChI=1S/C23H28N2O6.C21H25BrN2O6.C18H20N2O4.C12H21NO4.C10H8BrNO2.C10H2.ClH.H2/c1-7-14-10-15-8-9-16(28-5)11-18(15)24-20(14)30-17-12-19(21(26)29-6)25(13-17)22(27)31-23(2,3)4;1-21(2,3)30-20(26)24-11-14(10-17(24)19(25)28-5)29-18-15(22)8-12-6-7-13(27-4)9-16(12)23-18;1-4-11-7-12-5-6-13(22-2)8-15(12)20-17(11)24-14-9-16(19-10-14)18(21)23-3;1-8-6-9(10(14)16-5)13(7-8)11(15)17-12(2,3)4;1-14-7-3-2-6-4-8(11)10(13)12-9(6)5-7;1-3-5-7-9-10-8-6-4-2;;/h7-11,17,19H,1,12-13H2,2-6H3;6-9,14,17H,10-11H2,1-5H3;4-8,14,16,19H,1,9-10H2,2-3H3;8-9H,6-7H2,1-5H3;2-5H,1H3,(H,12,13);1-2H;2*1H/t17-,19+;14-,17+;14-,16+;8-,9-;;;;/m1110..../s1/i;;;;;;;1+1. The van der Waals surface area contributed by atoms with Crippen molar-refractivity contribution in [3.05, 3.63) is 141 Å². The summed E-state index contributed by atoms with van der Waals surface area (Å²) in [5, 5.41) is 6.88. The number of benzene rings is 4. The summed E-state index contributed by atoms with van der Waals surface area (Å²) in [6, 6.07) is 27.5. The SMILES string of the molecule is C#CC#CC#CC#CC#C.C=Cc1cc2ccc(OC)cc2nc1O[C@@H]1C[C@@H](C(=O)OC)N(C(=O)OC(C)(C)C)C1.C=Cc1cc2ccc(OC)cc2nc1O[C@H]1CN[C@H](C(=O)OC)C1.COC(=O)[C@@H]1C[C@@H](Oc2nc3cc(OC)ccc3cc2Br)CN1C(=O)OC(C)(C)C.COC(=O)[C@@H]1C[C@H](C)CN1C(=O)OC(C)(C)C.COc1ccc2cc(Br)c(=O)[nH]c2c1.Cl.[2HH]. The van der Waals surface area contributed by atoms with Crippen LogP contribution in [0, 0.1) is 66.1 Å². The van der Waals surface area contributed by atoms with Crippen molar-refractivity contribution in [2.75, 3.05) is 83.1 Å². The van der Waals surface area contributed by atoms with E-state index < -0.39 is 77.4 Å². The van der Waals surface area contributed by atoms with Gasteiger partial charge in [-0.3, -0.25) is 24.3 Å². The zero-order valence-electron chi connectivity index (χ0n) is 74.1. The van der Waals surface area contributed by atoms with Gasteiger partial charge in [-0.1, -0.05) is 32.2 Å². The third kappa shape index (κ3) is 30.5. The number of pyridine rings is 4. The summed E-state index contributed by atoms with van der Waals surface area (Å²) in [6.07, 6.45) is 12.0. The van der Waals surface area contributed by atoms with Crippen LogP contribution in [0.3, 0.4) is 0 Å². The number of rotatable bonds is 16. The molecule has 4 fully saturated rings. The molecule has 12 rings (SSSR count). The number of H-pyrrole nitrogens is 1. The Hall–Kier alpha value is -12.9. The number of esters is 4. The van der Waals surface area contributed by atoms with Gasteiger partial charge in [0, 0.05) is 85.3 Å². The van der Waals surface area contributed by atoms with E-state index in [0.29, 0.717) is 80.6 Å². The first-order chi connectivity index (χ1) is 59.7. The summed E-state index contributed by atoms with van der Waals surface area (Å²) in [5.41, 5.74) is 2.44. The number of hydrogen-bond acceptors (Lipinski definition) is 26. The molecule has 0 saturated carbocycles. The van der Waals surface area contributed by atoms with Gasteiger partial charge in [0.25, 0.3) is 5.56 Å². The maximum atomic E-state index is 12.7. The summed E-state index contributed by atoms with van der Waals surface area (Å²) in [6.45, 7) is 27.2. The van der Waals surface area contributed by atoms with E-state index in [1.54, 1.807) is 115 Å². The molecule has 0 bridgehead atoms. The molecular formula is C94H107Br2ClN8O22. The van der Waals surface area contributed by atoms with E-state index in [0.717, 1.165) is 49.6 Å². The lowest BCUT2D eigenvalue weighted by Crippen LogP contribution is -2.44. The predicted molar refractivity (Wildman–Crippen MR) is 493 cm³/mol. The molecule has 8 aromatic rings. The molecule has 127 heavy (non-hydrogen) atoms. The molecule has 8 heterocycles. The number of aromatic amines is 1. The number of ether oxygens (including phenoxy) is 14. The Morgan fingerprint density at radius 1 is 0.457 bits per heavy atom. The molecule has 8 atom stereocenters. The molecule has 0 aliphatic carbocycles. The Morgan fingerprint density at radius 3 is 1.19 bits per heavy atom. The normalized spacial score (nSPS) is 17.5. The first-order valence-electron chi connectivity index (χ1n) is 39.4. The summed E-state index contributed by atoms with van der Waals surface area (Å²) < 4.78 is 75.6. The quantitative estimate of drug-likeness (QED) is 0.0515. The third-order valence-corrected chi connectivity index (χ3v) is 19.8. The monoisotopic (exact) mass is 1890 g/mol. The molecular weight excluding hydrogens is 1790 g/mol. The fourth-order valence-corrected chi connectivity index (χ4v) is 13.6. The molecule has 4 saturated heterocycles. The van der Waals surface area contributed by atoms with Crippen LogP contribution in [0.1, 0.15) is 107 Å². The minimum Gasteiger partial charge on any atom is -0.497 e. The van der Waals surface area contributed by atoms with E-state index in [9.17, 15) is 38.4 Å². The first-order valence-corrected chi connectivity index (χ1v) is 41.0. The minimum absolute atomic E-state index is 0. The van der Waals surface area contributed by atoms with Gasteiger partial charge in [-0.05, 0) is 232 Å². The van der Waals surface area contributed by atoms with Crippen LogP contribution >= 0.6 is 44.3 Å². The highest BCUT2D eigenvalue weighted by Gasteiger charge is 2.46. The number of nitrogens with one attached hydrogen (secondary N) is 2. The number of likely N-dealkylation sites (tertiary alicyclic amines) is 3. The molecule has 4 aromatic carbocycles. The second kappa shape index (κ2) is 48.0. The van der Waals surface area contributed by atoms with Crippen molar-refractivity contribution in [2.45, 2.75) is 154 Å². The van der Waals surface area contributed by atoms with Gasteiger partial charge < -0.3 is 76.6 Å². The van der Waals surface area contributed by atoms with E-state index >= 15 is 0 Å². The molecule has 0 radical (unpaired) electrons. The lowest BCUT2D eigenvalue weighted by molar-refractivity contribution is -0.146. The van der Waals surface area contributed by atoms with Crippen molar-refractivity contribution >= 4 is 142 Å². The van der Waals surface area contributed by atoms with E-state index in [-0.39, 0.29) is 75.3 Å². The average Bonchev–Trinajstić information content (AvgIpc) is 1.55. The molecule has 676 valence electrons. The van der Waals surface area contributed by atoms with Crippen LogP contribution in [0.4, 0.5) is 14.4 Å². The number of nitrogens with zero attached hydrogens (tertiary/aromatic N) is 6. The van der Waals surface area contributed by atoms with Crippen LogP contribution in [0.15, 0.2) is 124 Å². The molecule has 0 spiro atoms. The number of methoxy groups -OCH3 is 8. The lowest BCUT2D eigenvalue weighted by atomic mass is 10.1. The number of aromatic nitrogens is 4. The van der Waals surface area contributed by atoms with E-state index in [1.165, 1.54) is 43.1 Å². The van der Waals surface area contributed by atoms with Gasteiger partial charge in [-0.15, -0.1) is 25.3 Å². The number of fused-ring (bicyclic) bond motifs is 4. The topological polar surface area (TPSA) is 342 Å². The zero-order chi connectivity index (χ0) is 92.9. The van der Waals surface area contributed by atoms with Gasteiger partial charge in [-0.2, -0.15) is 0 Å². The van der Waals surface area contributed by atoms with Gasteiger partial charge in [-0.25, -0.2) is 43.7 Å². The second-order valence-electron chi connectivity index (χ2n) is 31.3. The Labute approximate surface area is 763 Å². The van der Waals surface area contributed by atoms with Gasteiger partial charge in [0.1, 0.15) is 82.3 Å². The third-order valence-electron chi connectivity index (χ3n) is 18.6. The number of amides is 3. The average molecular weight is 1900 g/mol. The first kappa shape index (κ1) is 103. The van der Waals surface area contributed by atoms with Crippen LogP contribution in [0.25, 0.3) is 55.8 Å². The van der Waals surface area contributed by atoms with Crippen LogP contribution in [-0.4, -0.2) is 219 Å². The number of hydrogen-bond donors (Lipinski definition) is 2. The number of carbonyl (C=O) groups is 7. The predicted octanol–water partition coefficient (Wildman–Crippen LogP) is 15.0. The molecule has 4 aliphatic heterocycles. The Kier molecular flexibility index (Phi) is 38.9. The Bertz CT molecular complexity index is 5630. The summed E-state index contributed by atoms with van der Waals surface area (Å²) in [7, 11) is 11.7. The highest BCUT2D eigenvalue weighted by Crippen LogP contribution is 2.36. The van der Waals surface area contributed by atoms with E-state index in [2.05, 4.69) is 118 Å². The fourth-order valence-electron chi connectivity index (χ4n) is 12.9. The minimum atomic E-state index is -0.794. The van der Waals surface area contributed by atoms with Gasteiger partial charge in [0.05, 0.1) is 101 Å². The number of carbonyl (C=O) groups excluding carboxylic acids is 7. The van der Waals surface area contributed by atoms with Crippen LogP contribution in [0.5, 0.6) is 40.6 Å². The van der Waals surface area contributed by atoms with Gasteiger partial charge >= 0.3 is 42.2 Å². The largest absolute Gasteiger partial charge is 0.497 e. The smallest absolute Gasteiger partial charge is 0.411 e. The molecule has 2 N–H and O–H groups in total. The van der Waals surface area contributed by atoms with Crippen LogP contribution in [-0.2, 0) is 52.3 Å². The second-order valence-corrected chi connectivity index (χ2v) is 33.0. The number of halogens is 3. The summed E-state index contributed by atoms with van der Waals surface area (Å²) in [4.78, 5) is 117. The molecule has 4 aromatic heterocycles. The Morgan fingerprint density at radius 2 is 0.803 bits per heavy atom. The van der Waals surface area contributed by atoms with Gasteiger partial charge in [0.15, 0.2) is 0 Å². The van der Waals surface area contributed by atoms with Crippen LogP contribution < -0.4 is 44.0 Å². The van der Waals surface area contributed by atoms with Crippen molar-refractivity contribution < 1.29 is 101 Å². The summed E-state index contributed by atoms with van der Waals surface area (Å²) in [5.74, 6) is 21.1. The van der Waals surface area contributed by atoms with E-state index in [1.807, 2.05) is 91.9 Å². The highest BCUT2D eigenvalue weighted by molar-refractivity contribution is 9.10. The Balaban J connectivity index is 0.000000281. The lowest BCUT2D eigenvalue weighted by Gasteiger charge is -2.27. The van der Waals surface area contributed by atoms with Crippen LogP contribution in [0.2, 0.25) is 0 Å².